The van der Waals surface area contributed by atoms with Crippen LogP contribution in [0.4, 0.5) is 0 Å². The van der Waals surface area contributed by atoms with Crippen LogP contribution in [0.15, 0.2) is 0 Å². The molecule has 0 radical (unpaired) electrons. The molecule has 2 unspecified atom stereocenters. The third-order valence-corrected chi connectivity index (χ3v) is 4.21. The molecule has 2 heterocycles. The number of hydrogen-bond acceptors (Lipinski definition) is 4. The Balaban J connectivity index is 2.02. The molecule has 0 saturated carbocycles. The van der Waals surface area contributed by atoms with E-state index in [4.69, 9.17) is 16.3 Å². The van der Waals surface area contributed by atoms with Gasteiger partial charge in [0.15, 0.2) is 0 Å². The van der Waals surface area contributed by atoms with Gasteiger partial charge in [0.25, 0.3) is 0 Å². The molecule has 1 aromatic heterocycles. The number of likely N-dealkylation sites (N-methyl/N-ethyl adjacent to an activating group) is 1. The highest BCUT2D eigenvalue weighted by Gasteiger charge is 2.28. The fourth-order valence-corrected chi connectivity index (χ4v) is 2.75. The molecule has 1 aliphatic heterocycles. The van der Waals surface area contributed by atoms with Gasteiger partial charge in [-0.25, -0.2) is 0 Å². The average Bonchev–Trinajstić information content (AvgIpc) is 2.65. The number of aliphatic hydroxyl groups excluding tert-OH is 1. The van der Waals surface area contributed by atoms with Crippen LogP contribution in [0.1, 0.15) is 18.2 Å². The van der Waals surface area contributed by atoms with Gasteiger partial charge < -0.3 is 9.84 Å². The molecule has 108 valence electrons. The van der Waals surface area contributed by atoms with Gasteiger partial charge in [0.05, 0.1) is 24.5 Å². The Bertz CT molecular complexity index is 436. The molecule has 1 saturated heterocycles. The van der Waals surface area contributed by atoms with Gasteiger partial charge in [0.2, 0.25) is 0 Å². The molecule has 6 heteroatoms. The number of ether oxygens (including phenoxy) is 1. The molecule has 5 nitrogen and oxygen atoms in total. The van der Waals surface area contributed by atoms with Crippen LogP contribution in [0.3, 0.4) is 0 Å². The summed E-state index contributed by atoms with van der Waals surface area (Å²) >= 11 is 6.19. The van der Waals surface area contributed by atoms with E-state index in [0.29, 0.717) is 18.2 Å². The molecule has 0 bridgehead atoms. The molecule has 2 atom stereocenters. The first-order valence-corrected chi connectivity index (χ1v) is 7.10. The van der Waals surface area contributed by atoms with Crippen molar-refractivity contribution in [1.82, 2.24) is 14.7 Å². The minimum Gasteiger partial charge on any atom is -0.390 e. The van der Waals surface area contributed by atoms with Crippen molar-refractivity contribution in [3.05, 3.63) is 16.4 Å². The number of aromatic nitrogens is 2. The molecule has 0 aliphatic carbocycles. The van der Waals surface area contributed by atoms with Crippen LogP contribution < -0.4 is 0 Å². The Hall–Kier alpha value is -0.620. The van der Waals surface area contributed by atoms with Crippen LogP contribution in [0.5, 0.6) is 0 Å². The molecule has 1 fully saturated rings. The topological polar surface area (TPSA) is 50.5 Å². The average molecular weight is 288 g/mol. The van der Waals surface area contributed by atoms with Gasteiger partial charge >= 0.3 is 0 Å². The number of morpholine rings is 1. The number of aliphatic hydroxyl groups is 1. The van der Waals surface area contributed by atoms with E-state index in [1.165, 1.54) is 0 Å². The molecule has 1 aliphatic rings. The van der Waals surface area contributed by atoms with E-state index >= 15 is 0 Å². The second-order valence-corrected chi connectivity index (χ2v) is 5.41. The van der Waals surface area contributed by atoms with Gasteiger partial charge in [0, 0.05) is 32.1 Å². The second kappa shape index (κ2) is 6.22. The maximum Gasteiger partial charge on any atom is 0.130 e. The number of nitrogens with zero attached hydrogens (tertiary/aromatic N) is 3. The highest BCUT2D eigenvalue weighted by atomic mass is 35.5. The fourth-order valence-electron chi connectivity index (χ4n) is 2.50. The summed E-state index contributed by atoms with van der Waals surface area (Å²) in [4.78, 5) is 2.29. The third kappa shape index (κ3) is 3.28. The van der Waals surface area contributed by atoms with E-state index in [-0.39, 0.29) is 6.10 Å². The molecular weight excluding hydrogens is 266 g/mol. The fraction of sp³-hybridized carbons (Fsp3) is 0.769. The zero-order valence-corrected chi connectivity index (χ0v) is 12.5. The zero-order valence-electron chi connectivity index (χ0n) is 11.8. The Morgan fingerprint density at radius 2 is 2.32 bits per heavy atom. The van der Waals surface area contributed by atoms with Crippen LogP contribution >= 0.6 is 11.6 Å². The maximum atomic E-state index is 10.4. The smallest absolute Gasteiger partial charge is 0.130 e. The summed E-state index contributed by atoms with van der Waals surface area (Å²) in [6.45, 7) is 7.40. The van der Waals surface area contributed by atoms with Gasteiger partial charge in [-0.1, -0.05) is 18.5 Å². The van der Waals surface area contributed by atoms with Gasteiger partial charge in [-0.2, -0.15) is 5.10 Å². The highest BCUT2D eigenvalue weighted by Crippen LogP contribution is 2.22. The number of aryl methyl sites for hydroxylation is 2. The molecule has 0 amide bonds. The summed E-state index contributed by atoms with van der Waals surface area (Å²) in [7, 11) is 1.81. The quantitative estimate of drug-likeness (QED) is 0.898. The van der Waals surface area contributed by atoms with Gasteiger partial charge in [0.1, 0.15) is 5.15 Å². The lowest BCUT2D eigenvalue weighted by Gasteiger charge is -2.34. The molecule has 19 heavy (non-hydrogen) atoms. The van der Waals surface area contributed by atoms with E-state index in [0.717, 1.165) is 30.9 Å². The molecule has 0 aromatic carbocycles. The minimum absolute atomic E-state index is 0.149. The largest absolute Gasteiger partial charge is 0.390 e. The van der Waals surface area contributed by atoms with E-state index in [1.54, 1.807) is 11.7 Å². The Kier molecular flexibility index (Phi) is 4.84. The monoisotopic (exact) mass is 287 g/mol. The van der Waals surface area contributed by atoms with Crippen LogP contribution in [0.25, 0.3) is 0 Å². The summed E-state index contributed by atoms with van der Waals surface area (Å²) < 4.78 is 7.31. The van der Waals surface area contributed by atoms with E-state index < -0.39 is 6.10 Å². The SMILES string of the molecule is CCN1CCOC(C(O)Cc2c(C)nn(C)c2Cl)C1. The van der Waals surface area contributed by atoms with Crippen LogP contribution in [-0.4, -0.2) is 58.2 Å². The summed E-state index contributed by atoms with van der Waals surface area (Å²) in [5, 5.41) is 15.2. The summed E-state index contributed by atoms with van der Waals surface area (Å²) in [5.74, 6) is 0. The summed E-state index contributed by atoms with van der Waals surface area (Å²) in [6, 6.07) is 0. The predicted octanol–water partition coefficient (Wildman–Crippen LogP) is 1.01. The second-order valence-electron chi connectivity index (χ2n) is 5.05. The Morgan fingerprint density at radius 1 is 1.58 bits per heavy atom. The molecular formula is C13H22ClN3O2. The van der Waals surface area contributed by atoms with E-state index in [2.05, 4.69) is 16.9 Å². The van der Waals surface area contributed by atoms with Crippen LogP contribution in [0, 0.1) is 6.92 Å². The van der Waals surface area contributed by atoms with Gasteiger partial charge in [-0.05, 0) is 13.5 Å². The number of halogens is 1. The summed E-state index contributed by atoms with van der Waals surface area (Å²) in [5.41, 5.74) is 1.78. The van der Waals surface area contributed by atoms with E-state index in [1.807, 2.05) is 6.92 Å². The lowest BCUT2D eigenvalue weighted by Crippen LogP contribution is -2.48. The van der Waals surface area contributed by atoms with Crippen molar-refractivity contribution in [2.24, 2.45) is 7.05 Å². The van der Waals surface area contributed by atoms with Crippen molar-refractivity contribution >= 4 is 11.6 Å². The maximum absolute atomic E-state index is 10.4. The minimum atomic E-state index is -0.547. The van der Waals surface area contributed by atoms with Crippen molar-refractivity contribution in [3.8, 4) is 0 Å². The third-order valence-electron chi connectivity index (χ3n) is 3.74. The van der Waals surface area contributed by atoms with Crippen LogP contribution in [-0.2, 0) is 18.2 Å². The van der Waals surface area contributed by atoms with E-state index in [9.17, 15) is 5.11 Å². The molecule has 1 aromatic rings. The number of rotatable bonds is 4. The van der Waals surface area contributed by atoms with Crippen molar-refractivity contribution in [3.63, 3.8) is 0 Å². The zero-order chi connectivity index (χ0) is 14.0. The lowest BCUT2D eigenvalue weighted by molar-refractivity contribution is -0.0867. The Labute approximate surface area is 119 Å². The lowest BCUT2D eigenvalue weighted by atomic mass is 10.0. The molecule has 2 rings (SSSR count). The van der Waals surface area contributed by atoms with Gasteiger partial charge in [-0.15, -0.1) is 0 Å². The van der Waals surface area contributed by atoms with Crippen molar-refractivity contribution in [2.75, 3.05) is 26.2 Å². The summed E-state index contributed by atoms with van der Waals surface area (Å²) in [6.07, 6.45) is -0.208. The molecule has 1 N–H and O–H groups in total. The number of hydrogen-bond donors (Lipinski definition) is 1. The molecule has 0 spiro atoms. The first-order valence-electron chi connectivity index (χ1n) is 6.73. The standard InChI is InChI=1S/C13H22ClN3O2/c1-4-17-5-6-19-12(8-17)11(18)7-10-9(2)15-16(3)13(10)14/h11-12,18H,4-8H2,1-3H3. The van der Waals surface area contributed by atoms with Gasteiger partial charge in [-0.3, -0.25) is 9.58 Å². The first kappa shape index (κ1) is 14.8. The van der Waals surface area contributed by atoms with Crippen molar-refractivity contribution < 1.29 is 9.84 Å². The van der Waals surface area contributed by atoms with Crippen LogP contribution in [0.2, 0.25) is 5.15 Å². The Morgan fingerprint density at radius 3 is 2.89 bits per heavy atom. The first-order chi connectivity index (χ1) is 9.02. The van der Waals surface area contributed by atoms with Crippen molar-refractivity contribution in [1.29, 1.82) is 0 Å². The predicted molar refractivity (Wildman–Crippen MR) is 74.5 cm³/mol. The normalized spacial score (nSPS) is 22.7. The van der Waals surface area contributed by atoms with Crippen molar-refractivity contribution in [2.45, 2.75) is 32.5 Å². The highest BCUT2D eigenvalue weighted by molar-refractivity contribution is 6.30.